The second-order valence-corrected chi connectivity index (χ2v) is 7.18. The quantitative estimate of drug-likeness (QED) is 0.743. The van der Waals surface area contributed by atoms with Gasteiger partial charge in [-0.25, -0.2) is 9.78 Å². The highest BCUT2D eigenvalue weighted by Crippen LogP contribution is 2.41. The molecule has 1 aromatic carbocycles. The number of aromatic nitrogens is 1. The number of carbonyl (C=O) groups is 2. The Morgan fingerprint density at radius 1 is 1.25 bits per heavy atom. The number of nitrogens with one attached hydrogen (secondary N) is 1. The number of rotatable bonds is 5. The van der Waals surface area contributed by atoms with Gasteiger partial charge in [-0.05, 0) is 67.5 Å². The van der Waals surface area contributed by atoms with Crippen LogP contribution < -0.4 is 5.32 Å². The molecule has 28 heavy (non-hydrogen) atoms. The number of methoxy groups -OCH3 is 1. The van der Waals surface area contributed by atoms with E-state index in [1.54, 1.807) is 6.20 Å². The van der Waals surface area contributed by atoms with Gasteiger partial charge in [0.15, 0.2) is 5.78 Å². The zero-order chi connectivity index (χ0) is 19.8. The topological polar surface area (TPSA) is 68.3 Å². The maximum absolute atomic E-state index is 12.7. The molecule has 0 saturated heterocycles. The third-order valence-electron chi connectivity index (χ3n) is 5.28. The highest BCUT2D eigenvalue weighted by Gasteiger charge is 2.27. The number of fused-ring (bicyclic) bond motifs is 1. The van der Waals surface area contributed by atoms with Gasteiger partial charge in [-0.1, -0.05) is 18.2 Å². The first-order valence-corrected chi connectivity index (χ1v) is 9.41. The van der Waals surface area contributed by atoms with Crippen LogP contribution >= 0.6 is 0 Å². The van der Waals surface area contributed by atoms with E-state index in [1.165, 1.54) is 7.11 Å². The molecule has 1 saturated carbocycles. The molecule has 0 aliphatic heterocycles. The maximum Gasteiger partial charge on any atom is 0.341 e. The number of hydrogen-bond donors (Lipinski definition) is 1. The molecule has 5 heteroatoms. The average Bonchev–Trinajstić information content (AvgIpc) is 3.53. The van der Waals surface area contributed by atoms with Gasteiger partial charge >= 0.3 is 5.97 Å². The van der Waals surface area contributed by atoms with Gasteiger partial charge in [0.1, 0.15) is 11.4 Å². The van der Waals surface area contributed by atoms with Crippen LogP contribution in [0.5, 0.6) is 0 Å². The summed E-state index contributed by atoms with van der Waals surface area (Å²) >= 11 is 0. The summed E-state index contributed by atoms with van der Waals surface area (Å²) in [5.41, 5.74) is 5.47. The molecule has 5 nitrogen and oxygen atoms in total. The molecule has 4 rings (SSSR count). The Morgan fingerprint density at radius 2 is 2.04 bits per heavy atom. The summed E-state index contributed by atoms with van der Waals surface area (Å²) in [5.74, 6) is 0.503. The minimum Gasteiger partial charge on any atom is -0.465 e. The molecule has 2 aromatic rings. The number of ketones is 1. The van der Waals surface area contributed by atoms with Gasteiger partial charge in [0.25, 0.3) is 0 Å². The van der Waals surface area contributed by atoms with Crippen molar-refractivity contribution in [2.24, 2.45) is 0 Å². The van der Waals surface area contributed by atoms with Crippen molar-refractivity contribution in [1.29, 1.82) is 0 Å². The molecule has 0 spiro atoms. The smallest absolute Gasteiger partial charge is 0.341 e. The third kappa shape index (κ3) is 3.13. The predicted octanol–water partition coefficient (Wildman–Crippen LogP) is 5.04. The molecule has 2 aliphatic carbocycles. The van der Waals surface area contributed by atoms with Crippen molar-refractivity contribution >= 4 is 28.8 Å². The Bertz CT molecular complexity index is 1050. The van der Waals surface area contributed by atoms with Crippen LogP contribution in [0.1, 0.15) is 64.4 Å². The van der Waals surface area contributed by atoms with Crippen LogP contribution in [0.4, 0.5) is 11.5 Å². The third-order valence-corrected chi connectivity index (χ3v) is 5.28. The Hall–Kier alpha value is -3.21. The Balaban J connectivity index is 1.67. The fraction of sp³-hybridized carbons (Fsp3) is 0.261. The number of allylic oxidation sites excluding steroid dienone is 4. The van der Waals surface area contributed by atoms with Gasteiger partial charge < -0.3 is 10.1 Å². The lowest BCUT2D eigenvalue weighted by Crippen LogP contribution is -2.08. The summed E-state index contributed by atoms with van der Waals surface area (Å²) < 4.78 is 4.93. The lowest BCUT2D eigenvalue weighted by atomic mass is 10.1. The molecule has 0 radical (unpaired) electrons. The lowest BCUT2D eigenvalue weighted by Gasteiger charge is -2.12. The van der Waals surface area contributed by atoms with E-state index in [1.807, 2.05) is 50.3 Å². The van der Waals surface area contributed by atoms with E-state index in [2.05, 4.69) is 10.3 Å². The first-order valence-electron chi connectivity index (χ1n) is 9.41. The fourth-order valence-electron chi connectivity index (χ4n) is 3.59. The Kier molecular flexibility index (Phi) is 4.59. The SMILES string of the molecule is C/C=C\C1=C(C)c2ccc(Nc3ncc(C4CC4)cc3C(=O)OC)cc2C1=O. The number of hydrogen-bond acceptors (Lipinski definition) is 5. The number of benzene rings is 1. The van der Waals surface area contributed by atoms with Gasteiger partial charge in [0.05, 0.1) is 7.11 Å². The molecule has 1 N–H and O–H groups in total. The molecule has 2 aliphatic rings. The minimum atomic E-state index is -0.428. The number of ether oxygens (including phenoxy) is 1. The average molecular weight is 374 g/mol. The summed E-state index contributed by atoms with van der Waals surface area (Å²) in [7, 11) is 1.36. The second kappa shape index (κ2) is 7.08. The molecular formula is C23H22N2O3. The van der Waals surface area contributed by atoms with E-state index < -0.39 is 5.97 Å². The zero-order valence-corrected chi connectivity index (χ0v) is 16.2. The van der Waals surface area contributed by atoms with Crippen molar-refractivity contribution < 1.29 is 14.3 Å². The normalized spacial score (nSPS) is 15.9. The Morgan fingerprint density at radius 3 is 2.71 bits per heavy atom. The number of Topliss-reactive ketones (excluding diaryl/α,β-unsaturated/α-hetero) is 1. The van der Waals surface area contributed by atoms with Crippen molar-refractivity contribution in [2.45, 2.75) is 32.6 Å². The van der Waals surface area contributed by atoms with Crippen LogP contribution in [-0.4, -0.2) is 23.8 Å². The summed E-state index contributed by atoms with van der Waals surface area (Å²) in [4.78, 5) is 29.4. The second-order valence-electron chi connectivity index (χ2n) is 7.18. The number of nitrogens with zero attached hydrogens (tertiary/aromatic N) is 1. The Labute approximate surface area is 164 Å². The van der Waals surface area contributed by atoms with Gasteiger partial charge in [0, 0.05) is 23.0 Å². The molecule has 0 amide bonds. The number of esters is 1. The fourth-order valence-corrected chi connectivity index (χ4v) is 3.59. The number of anilines is 2. The van der Waals surface area contributed by atoms with E-state index in [4.69, 9.17) is 4.74 Å². The van der Waals surface area contributed by atoms with Crippen LogP contribution in [0.25, 0.3) is 5.57 Å². The van der Waals surface area contributed by atoms with Crippen LogP contribution in [-0.2, 0) is 4.74 Å². The monoisotopic (exact) mass is 374 g/mol. The zero-order valence-electron chi connectivity index (χ0n) is 16.2. The van der Waals surface area contributed by atoms with E-state index in [9.17, 15) is 9.59 Å². The van der Waals surface area contributed by atoms with Gasteiger partial charge in [-0.2, -0.15) is 0 Å². The van der Waals surface area contributed by atoms with Crippen molar-refractivity contribution in [3.05, 3.63) is 70.4 Å². The molecule has 0 bridgehead atoms. The molecule has 1 heterocycles. The van der Waals surface area contributed by atoms with Crippen LogP contribution in [0.2, 0.25) is 0 Å². The van der Waals surface area contributed by atoms with E-state index >= 15 is 0 Å². The minimum absolute atomic E-state index is 0.0134. The van der Waals surface area contributed by atoms with Gasteiger partial charge in [-0.3, -0.25) is 4.79 Å². The van der Waals surface area contributed by atoms with Crippen molar-refractivity contribution in [3.8, 4) is 0 Å². The summed E-state index contributed by atoms with van der Waals surface area (Å²) in [5, 5.41) is 3.19. The van der Waals surface area contributed by atoms with Crippen LogP contribution in [0.15, 0.2) is 48.2 Å². The highest BCUT2D eigenvalue weighted by molar-refractivity contribution is 6.22. The van der Waals surface area contributed by atoms with E-state index in [-0.39, 0.29) is 5.78 Å². The lowest BCUT2D eigenvalue weighted by molar-refractivity contribution is 0.0601. The van der Waals surface area contributed by atoms with Crippen LogP contribution in [0.3, 0.4) is 0 Å². The highest BCUT2D eigenvalue weighted by atomic mass is 16.5. The number of pyridine rings is 1. The maximum atomic E-state index is 12.7. The summed E-state index contributed by atoms with van der Waals surface area (Å²) in [6.07, 6.45) is 7.78. The number of carbonyl (C=O) groups excluding carboxylic acids is 2. The summed E-state index contributed by atoms with van der Waals surface area (Å²) in [6, 6.07) is 7.49. The van der Waals surface area contributed by atoms with Gasteiger partial charge in [-0.15, -0.1) is 0 Å². The largest absolute Gasteiger partial charge is 0.465 e. The van der Waals surface area contributed by atoms with Crippen molar-refractivity contribution in [1.82, 2.24) is 4.98 Å². The first-order chi connectivity index (χ1) is 13.5. The predicted molar refractivity (Wildman–Crippen MR) is 109 cm³/mol. The molecular weight excluding hydrogens is 352 g/mol. The van der Waals surface area contributed by atoms with Crippen LogP contribution in [0, 0.1) is 0 Å². The molecule has 142 valence electrons. The summed E-state index contributed by atoms with van der Waals surface area (Å²) in [6.45, 7) is 3.86. The first kappa shape index (κ1) is 18.2. The molecule has 1 fully saturated rings. The molecule has 1 aromatic heterocycles. The van der Waals surface area contributed by atoms with Crippen molar-refractivity contribution in [2.75, 3.05) is 12.4 Å². The van der Waals surface area contributed by atoms with Crippen molar-refractivity contribution in [3.63, 3.8) is 0 Å². The standard InChI is InChI=1S/C23H22N2O3/c1-4-5-18-13(2)17-9-8-16(11-19(17)21(18)26)25-22-20(23(27)28-3)10-15(12-24-22)14-6-7-14/h4-5,8-12,14H,6-7H2,1-3H3,(H,24,25)/b5-4-. The van der Waals surface area contributed by atoms with E-state index in [0.717, 1.165) is 35.1 Å². The molecule has 0 unspecified atom stereocenters. The van der Waals surface area contributed by atoms with Gasteiger partial charge in [0.2, 0.25) is 0 Å². The molecule has 0 atom stereocenters. The van der Waals surface area contributed by atoms with E-state index in [0.29, 0.717) is 28.6 Å².